The molecular weight excluding hydrogens is 356 g/mol. The molecule has 0 radical (unpaired) electrons. The highest BCUT2D eigenvalue weighted by Crippen LogP contribution is 2.22. The average Bonchev–Trinajstić information content (AvgIpc) is 3.01. The fourth-order valence-corrected chi connectivity index (χ4v) is 3.34. The van der Waals surface area contributed by atoms with Crippen molar-refractivity contribution in [2.24, 2.45) is 4.99 Å². The third-order valence-corrected chi connectivity index (χ3v) is 4.88. The number of benzene rings is 1. The second-order valence-corrected chi connectivity index (χ2v) is 7.24. The first-order chi connectivity index (χ1) is 12.1. The molecule has 2 N–H and O–H groups in total. The molecule has 0 aliphatic carbocycles. The number of aryl methyl sites for hydroxylation is 1. The largest absolute Gasteiger partial charge is 0.497 e. The Bertz CT molecular complexity index is 702. The molecule has 0 aliphatic rings. The topological polar surface area (TPSA) is 58.5 Å². The van der Waals surface area contributed by atoms with Crippen LogP contribution in [0.15, 0.2) is 29.4 Å². The summed E-state index contributed by atoms with van der Waals surface area (Å²) in [6.45, 7) is 6.42. The molecule has 0 unspecified atom stereocenters. The van der Waals surface area contributed by atoms with E-state index in [0.29, 0.717) is 6.54 Å². The predicted molar refractivity (Wildman–Crippen MR) is 106 cm³/mol. The number of hydrogen-bond donors (Lipinski definition) is 2. The Morgan fingerprint density at radius 2 is 2.16 bits per heavy atom. The van der Waals surface area contributed by atoms with Crippen LogP contribution in [0.2, 0.25) is 5.02 Å². The Hall–Kier alpha value is -1.79. The Morgan fingerprint density at radius 3 is 2.80 bits per heavy atom. The number of guanidine groups is 1. The molecule has 136 valence electrons. The van der Waals surface area contributed by atoms with Crippen LogP contribution >= 0.6 is 22.9 Å². The lowest BCUT2D eigenvalue weighted by Crippen LogP contribution is -2.38. The SMILES string of the molecule is CCNC(=NCCc1ncc(C)s1)NCCc1ccc(OC)cc1Cl. The van der Waals surface area contributed by atoms with Gasteiger partial charge in [0, 0.05) is 42.2 Å². The van der Waals surface area contributed by atoms with E-state index in [2.05, 4.69) is 34.5 Å². The number of nitrogens with zero attached hydrogens (tertiary/aromatic N) is 2. The minimum absolute atomic E-state index is 0.714. The number of rotatable bonds is 8. The van der Waals surface area contributed by atoms with Gasteiger partial charge in [0.05, 0.1) is 12.1 Å². The zero-order chi connectivity index (χ0) is 18.1. The molecule has 0 saturated carbocycles. The normalized spacial score (nSPS) is 11.4. The van der Waals surface area contributed by atoms with Gasteiger partial charge >= 0.3 is 0 Å². The zero-order valence-corrected chi connectivity index (χ0v) is 16.5. The van der Waals surface area contributed by atoms with Gasteiger partial charge in [-0.2, -0.15) is 0 Å². The van der Waals surface area contributed by atoms with Crippen molar-refractivity contribution in [2.45, 2.75) is 26.7 Å². The quantitative estimate of drug-likeness (QED) is 0.544. The lowest BCUT2D eigenvalue weighted by Gasteiger charge is -2.12. The summed E-state index contributed by atoms with van der Waals surface area (Å²) in [7, 11) is 1.64. The summed E-state index contributed by atoms with van der Waals surface area (Å²) in [5, 5.41) is 8.46. The maximum atomic E-state index is 6.28. The van der Waals surface area contributed by atoms with Gasteiger partial charge in [-0.1, -0.05) is 17.7 Å². The third kappa shape index (κ3) is 6.55. The van der Waals surface area contributed by atoms with Crippen molar-refractivity contribution in [3.63, 3.8) is 0 Å². The molecule has 0 aliphatic heterocycles. The maximum absolute atomic E-state index is 6.28. The van der Waals surface area contributed by atoms with Crippen molar-refractivity contribution in [2.75, 3.05) is 26.7 Å². The van der Waals surface area contributed by atoms with Crippen LogP contribution < -0.4 is 15.4 Å². The van der Waals surface area contributed by atoms with Gasteiger partial charge < -0.3 is 15.4 Å². The Balaban J connectivity index is 1.83. The molecule has 0 fully saturated rings. The average molecular weight is 381 g/mol. The molecule has 0 atom stereocenters. The number of ether oxygens (including phenoxy) is 1. The predicted octanol–water partition coefficient (Wildman–Crippen LogP) is 3.45. The summed E-state index contributed by atoms with van der Waals surface area (Å²) in [4.78, 5) is 10.2. The summed E-state index contributed by atoms with van der Waals surface area (Å²) < 4.78 is 5.17. The molecule has 1 heterocycles. The molecule has 0 saturated heterocycles. The number of methoxy groups -OCH3 is 1. The summed E-state index contributed by atoms with van der Waals surface area (Å²) in [6.07, 6.45) is 3.59. The minimum Gasteiger partial charge on any atom is -0.497 e. The molecule has 2 aromatic rings. The Kier molecular flexibility index (Phi) is 8.01. The van der Waals surface area contributed by atoms with Gasteiger partial charge in [-0.3, -0.25) is 4.99 Å². The van der Waals surface area contributed by atoms with Gasteiger partial charge in [-0.15, -0.1) is 11.3 Å². The van der Waals surface area contributed by atoms with Crippen molar-refractivity contribution < 1.29 is 4.74 Å². The summed E-state index contributed by atoms with van der Waals surface area (Å²) in [6, 6.07) is 5.76. The fourth-order valence-electron chi connectivity index (χ4n) is 2.30. The molecule has 5 nitrogen and oxygen atoms in total. The van der Waals surface area contributed by atoms with Gasteiger partial charge in [0.15, 0.2) is 5.96 Å². The lowest BCUT2D eigenvalue weighted by molar-refractivity contribution is 0.414. The molecule has 2 rings (SSSR count). The van der Waals surface area contributed by atoms with Crippen LogP contribution in [0.1, 0.15) is 22.4 Å². The fraction of sp³-hybridized carbons (Fsp3) is 0.444. The van der Waals surface area contributed by atoms with E-state index >= 15 is 0 Å². The van der Waals surface area contributed by atoms with E-state index in [0.717, 1.165) is 53.2 Å². The molecule has 0 amide bonds. The van der Waals surface area contributed by atoms with E-state index < -0.39 is 0 Å². The monoisotopic (exact) mass is 380 g/mol. The second kappa shape index (κ2) is 10.3. The van der Waals surface area contributed by atoms with E-state index in [1.54, 1.807) is 18.4 Å². The Morgan fingerprint density at radius 1 is 1.32 bits per heavy atom. The van der Waals surface area contributed by atoms with E-state index in [4.69, 9.17) is 16.3 Å². The highest BCUT2D eigenvalue weighted by molar-refractivity contribution is 7.11. The van der Waals surface area contributed by atoms with Crippen molar-refractivity contribution in [1.82, 2.24) is 15.6 Å². The van der Waals surface area contributed by atoms with E-state index in [-0.39, 0.29) is 0 Å². The number of aliphatic imine (C=N–C) groups is 1. The smallest absolute Gasteiger partial charge is 0.191 e. The Labute approximate surface area is 158 Å². The van der Waals surface area contributed by atoms with E-state index in [9.17, 15) is 0 Å². The van der Waals surface area contributed by atoms with Gasteiger partial charge in [-0.05, 0) is 38.0 Å². The van der Waals surface area contributed by atoms with Crippen LogP contribution in [0.3, 0.4) is 0 Å². The first-order valence-electron chi connectivity index (χ1n) is 8.38. The minimum atomic E-state index is 0.714. The van der Waals surface area contributed by atoms with Crippen LogP contribution in [-0.2, 0) is 12.8 Å². The number of thiazole rings is 1. The number of aromatic nitrogens is 1. The van der Waals surface area contributed by atoms with Crippen molar-refractivity contribution in [3.05, 3.63) is 44.9 Å². The number of halogens is 1. The van der Waals surface area contributed by atoms with E-state index in [1.807, 2.05) is 24.4 Å². The summed E-state index contributed by atoms with van der Waals surface area (Å²) >= 11 is 8.00. The second-order valence-electron chi connectivity index (χ2n) is 5.51. The molecule has 1 aromatic heterocycles. The van der Waals surface area contributed by atoms with Gasteiger partial charge in [-0.25, -0.2) is 4.98 Å². The molecule has 1 aromatic carbocycles. The molecule has 25 heavy (non-hydrogen) atoms. The van der Waals surface area contributed by atoms with Gasteiger partial charge in [0.25, 0.3) is 0 Å². The van der Waals surface area contributed by atoms with Crippen LogP contribution in [0.5, 0.6) is 5.75 Å². The van der Waals surface area contributed by atoms with Crippen molar-refractivity contribution in [1.29, 1.82) is 0 Å². The highest BCUT2D eigenvalue weighted by Gasteiger charge is 2.04. The van der Waals surface area contributed by atoms with Crippen LogP contribution in [0.25, 0.3) is 0 Å². The van der Waals surface area contributed by atoms with E-state index in [1.165, 1.54) is 4.88 Å². The van der Waals surface area contributed by atoms with Crippen LogP contribution in [-0.4, -0.2) is 37.7 Å². The molecular formula is C18H25ClN4OS. The van der Waals surface area contributed by atoms with Crippen LogP contribution in [0, 0.1) is 6.92 Å². The molecule has 0 spiro atoms. The maximum Gasteiger partial charge on any atom is 0.191 e. The van der Waals surface area contributed by atoms with Crippen molar-refractivity contribution >= 4 is 28.9 Å². The molecule has 7 heteroatoms. The van der Waals surface area contributed by atoms with Gasteiger partial charge in [0.1, 0.15) is 5.75 Å². The molecule has 0 bridgehead atoms. The number of nitrogens with one attached hydrogen (secondary N) is 2. The highest BCUT2D eigenvalue weighted by atomic mass is 35.5. The standard InChI is InChI=1S/C18H25ClN4OS/c1-4-20-18(22-10-8-17-23-12-13(2)25-17)21-9-7-14-5-6-15(24-3)11-16(14)19/h5-6,11-12H,4,7-10H2,1-3H3,(H2,20,21,22). The van der Waals surface area contributed by atoms with Crippen molar-refractivity contribution in [3.8, 4) is 5.75 Å². The third-order valence-electron chi connectivity index (χ3n) is 3.56. The first kappa shape index (κ1) is 19.5. The summed E-state index contributed by atoms with van der Waals surface area (Å²) in [5.41, 5.74) is 1.09. The lowest BCUT2D eigenvalue weighted by atomic mass is 10.1. The van der Waals surface area contributed by atoms with Gasteiger partial charge in [0.2, 0.25) is 0 Å². The number of hydrogen-bond acceptors (Lipinski definition) is 4. The van der Waals surface area contributed by atoms with Crippen LogP contribution in [0.4, 0.5) is 0 Å². The zero-order valence-electron chi connectivity index (χ0n) is 14.9. The summed E-state index contributed by atoms with van der Waals surface area (Å²) in [5.74, 6) is 1.59. The first-order valence-corrected chi connectivity index (χ1v) is 9.57.